The predicted molar refractivity (Wildman–Crippen MR) is 91.4 cm³/mol. The number of carbonyl (C=O) groups excluding carboxylic acids is 1. The average Bonchev–Trinajstić information content (AvgIpc) is 3.08. The van der Waals surface area contributed by atoms with Crippen LogP contribution in [0.15, 0.2) is 16.5 Å². The molecule has 1 N–H and O–H groups in total. The van der Waals surface area contributed by atoms with Crippen LogP contribution < -0.4 is 5.32 Å². The van der Waals surface area contributed by atoms with Gasteiger partial charge in [0, 0.05) is 18.2 Å². The molecule has 3 rings (SSSR count). The molecular formula is C17H23N5O3. The minimum Gasteiger partial charge on any atom is -0.422 e. The lowest BCUT2D eigenvalue weighted by atomic mass is 10.2. The second-order valence-corrected chi connectivity index (χ2v) is 6.45. The smallest absolute Gasteiger partial charge is 0.322 e. The van der Waals surface area contributed by atoms with Crippen molar-refractivity contribution >= 4 is 11.7 Å². The van der Waals surface area contributed by atoms with Crippen molar-refractivity contribution in [3.8, 4) is 0 Å². The quantitative estimate of drug-likeness (QED) is 0.919. The fraction of sp³-hybridized carbons (Fsp3) is 0.529. The predicted octanol–water partition coefficient (Wildman–Crippen LogP) is 2.81. The van der Waals surface area contributed by atoms with E-state index in [4.69, 9.17) is 9.15 Å². The molecule has 1 fully saturated rings. The molecule has 1 aliphatic heterocycles. The van der Waals surface area contributed by atoms with Crippen LogP contribution in [0.5, 0.6) is 0 Å². The van der Waals surface area contributed by atoms with Crippen LogP contribution in [-0.2, 0) is 4.74 Å². The summed E-state index contributed by atoms with van der Waals surface area (Å²) in [7, 11) is 0. The summed E-state index contributed by atoms with van der Waals surface area (Å²) in [6.07, 6.45) is -0.406. The van der Waals surface area contributed by atoms with Gasteiger partial charge in [0.1, 0.15) is 0 Å². The van der Waals surface area contributed by atoms with Crippen molar-refractivity contribution in [3.05, 3.63) is 35.3 Å². The average molecular weight is 345 g/mol. The molecule has 0 unspecified atom stereocenters. The van der Waals surface area contributed by atoms with Crippen molar-refractivity contribution in [1.29, 1.82) is 0 Å². The molecule has 0 radical (unpaired) electrons. The minimum absolute atomic E-state index is 0.154. The van der Waals surface area contributed by atoms with Gasteiger partial charge in [-0.2, -0.15) is 0 Å². The number of amides is 2. The second kappa shape index (κ2) is 7.18. The molecule has 2 aromatic rings. The van der Waals surface area contributed by atoms with Crippen LogP contribution in [-0.4, -0.2) is 45.8 Å². The van der Waals surface area contributed by atoms with Crippen molar-refractivity contribution in [3.63, 3.8) is 0 Å². The number of hydrogen-bond acceptors (Lipinski definition) is 6. The topological polar surface area (TPSA) is 93.4 Å². The summed E-state index contributed by atoms with van der Waals surface area (Å²) in [5, 5.41) is 11.0. The summed E-state index contributed by atoms with van der Waals surface area (Å²) in [6.45, 7) is 9.05. The Bertz CT molecular complexity index is 758. The number of pyridine rings is 1. The molecule has 1 aliphatic rings. The van der Waals surface area contributed by atoms with Crippen LogP contribution in [0, 0.1) is 13.8 Å². The fourth-order valence-corrected chi connectivity index (χ4v) is 2.61. The summed E-state index contributed by atoms with van der Waals surface area (Å²) in [5.74, 6) is 1.14. The number of carbonyl (C=O) groups is 1. The Labute approximate surface area is 146 Å². The van der Waals surface area contributed by atoms with E-state index in [9.17, 15) is 4.79 Å². The maximum atomic E-state index is 12.6. The molecule has 8 nitrogen and oxygen atoms in total. The monoisotopic (exact) mass is 345 g/mol. The third-order valence-corrected chi connectivity index (χ3v) is 4.05. The summed E-state index contributed by atoms with van der Waals surface area (Å²) < 4.78 is 11.3. The van der Waals surface area contributed by atoms with E-state index in [1.165, 1.54) is 0 Å². The Balaban J connectivity index is 1.66. The highest BCUT2D eigenvalue weighted by Crippen LogP contribution is 2.24. The van der Waals surface area contributed by atoms with E-state index >= 15 is 0 Å². The number of nitrogens with zero attached hydrogens (tertiary/aromatic N) is 4. The Morgan fingerprint density at radius 3 is 2.80 bits per heavy atom. The van der Waals surface area contributed by atoms with E-state index in [1.54, 1.807) is 4.90 Å². The molecule has 0 aromatic carbocycles. The normalized spacial score (nSPS) is 17.8. The third-order valence-electron chi connectivity index (χ3n) is 4.05. The van der Waals surface area contributed by atoms with Gasteiger partial charge in [0.2, 0.25) is 11.8 Å². The lowest BCUT2D eigenvalue weighted by Crippen LogP contribution is -2.44. The maximum absolute atomic E-state index is 12.6. The number of ether oxygens (including phenoxy) is 1. The van der Waals surface area contributed by atoms with Crippen molar-refractivity contribution in [1.82, 2.24) is 20.1 Å². The highest BCUT2D eigenvalue weighted by molar-refractivity contribution is 5.89. The van der Waals surface area contributed by atoms with Crippen molar-refractivity contribution in [2.45, 2.75) is 39.7 Å². The lowest BCUT2D eigenvalue weighted by molar-refractivity contribution is -0.0276. The van der Waals surface area contributed by atoms with Crippen LogP contribution in [0.4, 0.5) is 10.5 Å². The van der Waals surface area contributed by atoms with Crippen LogP contribution in [0.1, 0.15) is 49.0 Å². The van der Waals surface area contributed by atoms with Gasteiger partial charge in [-0.3, -0.25) is 4.98 Å². The second-order valence-electron chi connectivity index (χ2n) is 6.45. The summed E-state index contributed by atoms with van der Waals surface area (Å²) >= 11 is 0. The van der Waals surface area contributed by atoms with Crippen LogP contribution in [0.2, 0.25) is 0 Å². The van der Waals surface area contributed by atoms with E-state index in [0.29, 0.717) is 37.2 Å². The van der Waals surface area contributed by atoms with Gasteiger partial charge >= 0.3 is 6.03 Å². The van der Waals surface area contributed by atoms with Gasteiger partial charge in [0.05, 0.1) is 24.5 Å². The van der Waals surface area contributed by atoms with E-state index in [-0.39, 0.29) is 11.9 Å². The Hall–Kier alpha value is -2.48. The Morgan fingerprint density at radius 1 is 1.32 bits per heavy atom. The number of anilines is 1. The SMILES string of the molecule is Cc1ccc(NC(=O)N2CCO[C@@H](c3nnc(C(C)C)o3)C2)c(C)n1. The zero-order valence-electron chi connectivity index (χ0n) is 14.9. The molecule has 1 atom stereocenters. The molecule has 0 bridgehead atoms. The van der Waals surface area contributed by atoms with Crippen LogP contribution >= 0.6 is 0 Å². The molecule has 25 heavy (non-hydrogen) atoms. The first-order valence-electron chi connectivity index (χ1n) is 8.39. The van der Waals surface area contributed by atoms with E-state index in [2.05, 4.69) is 20.5 Å². The molecule has 2 aromatic heterocycles. The van der Waals surface area contributed by atoms with Crippen LogP contribution in [0.25, 0.3) is 0 Å². The highest BCUT2D eigenvalue weighted by atomic mass is 16.5. The summed E-state index contributed by atoms with van der Waals surface area (Å²) in [4.78, 5) is 18.6. The molecule has 2 amide bonds. The molecule has 0 aliphatic carbocycles. The largest absolute Gasteiger partial charge is 0.422 e. The zero-order chi connectivity index (χ0) is 18.0. The number of urea groups is 1. The Morgan fingerprint density at radius 2 is 2.12 bits per heavy atom. The number of aryl methyl sites for hydroxylation is 2. The zero-order valence-corrected chi connectivity index (χ0v) is 14.9. The number of rotatable bonds is 3. The van der Waals surface area contributed by atoms with Gasteiger partial charge in [-0.05, 0) is 26.0 Å². The Kier molecular flexibility index (Phi) is 4.98. The van der Waals surface area contributed by atoms with Crippen LogP contribution in [0.3, 0.4) is 0 Å². The minimum atomic E-state index is -0.406. The van der Waals surface area contributed by atoms with Gasteiger partial charge < -0.3 is 19.4 Å². The number of nitrogens with one attached hydrogen (secondary N) is 1. The fourth-order valence-electron chi connectivity index (χ4n) is 2.61. The molecule has 8 heteroatoms. The molecule has 134 valence electrons. The van der Waals surface area contributed by atoms with Crippen molar-refractivity contribution < 1.29 is 13.9 Å². The summed E-state index contributed by atoms with van der Waals surface area (Å²) in [5.41, 5.74) is 2.41. The van der Waals surface area contributed by atoms with Gasteiger partial charge in [-0.25, -0.2) is 4.79 Å². The highest BCUT2D eigenvalue weighted by Gasteiger charge is 2.29. The van der Waals surface area contributed by atoms with Gasteiger partial charge in [-0.15, -0.1) is 10.2 Å². The van der Waals surface area contributed by atoms with E-state index in [0.717, 1.165) is 11.4 Å². The van der Waals surface area contributed by atoms with Gasteiger partial charge in [-0.1, -0.05) is 13.8 Å². The molecule has 1 saturated heterocycles. The molecule has 3 heterocycles. The lowest BCUT2D eigenvalue weighted by Gasteiger charge is -2.31. The maximum Gasteiger partial charge on any atom is 0.322 e. The first kappa shape index (κ1) is 17.3. The summed E-state index contributed by atoms with van der Waals surface area (Å²) in [6, 6.07) is 3.54. The van der Waals surface area contributed by atoms with Gasteiger partial charge in [0.15, 0.2) is 6.10 Å². The van der Waals surface area contributed by atoms with Crippen molar-refractivity contribution in [2.24, 2.45) is 0 Å². The third kappa shape index (κ3) is 3.96. The van der Waals surface area contributed by atoms with E-state index < -0.39 is 6.10 Å². The molecular weight excluding hydrogens is 322 g/mol. The first-order valence-corrected chi connectivity index (χ1v) is 8.39. The number of hydrogen-bond donors (Lipinski definition) is 1. The molecule has 0 spiro atoms. The standard InChI is InChI=1S/C17H23N5O3/c1-10(2)15-20-21-16(25-15)14-9-22(7-8-24-14)17(23)19-13-6-5-11(3)18-12(13)4/h5-6,10,14H,7-9H2,1-4H3,(H,19,23)/t14-/m1/s1. The number of morpholine rings is 1. The van der Waals surface area contributed by atoms with Crippen molar-refractivity contribution in [2.75, 3.05) is 25.0 Å². The molecule has 0 saturated carbocycles. The number of aromatic nitrogens is 3. The van der Waals surface area contributed by atoms with E-state index in [1.807, 2.05) is 39.8 Å². The first-order chi connectivity index (χ1) is 11.9. The van der Waals surface area contributed by atoms with Gasteiger partial charge in [0.25, 0.3) is 0 Å².